The molecule has 114 valence electrons. The number of hydrogen-bond acceptors (Lipinski definition) is 3. The lowest BCUT2D eigenvalue weighted by Crippen LogP contribution is -2.38. The largest absolute Gasteiger partial charge is 0.481 e. The second-order valence-electron chi connectivity index (χ2n) is 5.02. The molecule has 0 bridgehead atoms. The second kappa shape index (κ2) is 6.89. The highest BCUT2D eigenvalue weighted by Crippen LogP contribution is 2.38. The standard InChI is InChI=1S/C18H18O4/c1-22-17(21)18(13-12-16(19)20,14-8-4-2-5-9-14)15-10-6-3-7-11-15/h2-11H,12-13H2,1H3,(H,19,20). The van der Waals surface area contributed by atoms with E-state index >= 15 is 0 Å². The Hall–Kier alpha value is -2.62. The molecule has 0 atom stereocenters. The maximum Gasteiger partial charge on any atom is 0.320 e. The first-order valence-electron chi connectivity index (χ1n) is 7.02. The van der Waals surface area contributed by atoms with E-state index in [2.05, 4.69) is 0 Å². The van der Waals surface area contributed by atoms with Gasteiger partial charge in [0, 0.05) is 6.42 Å². The van der Waals surface area contributed by atoms with Gasteiger partial charge in [-0.15, -0.1) is 0 Å². The zero-order valence-electron chi connectivity index (χ0n) is 12.4. The molecule has 0 spiro atoms. The summed E-state index contributed by atoms with van der Waals surface area (Å²) in [6.45, 7) is 0. The smallest absolute Gasteiger partial charge is 0.320 e. The van der Waals surface area contributed by atoms with Crippen molar-refractivity contribution in [2.75, 3.05) is 7.11 Å². The Bertz CT molecular complexity index is 595. The summed E-state index contributed by atoms with van der Waals surface area (Å²) in [4.78, 5) is 23.7. The Morgan fingerprint density at radius 2 is 1.41 bits per heavy atom. The van der Waals surface area contributed by atoms with Crippen molar-refractivity contribution in [2.45, 2.75) is 18.3 Å². The van der Waals surface area contributed by atoms with Crippen molar-refractivity contribution in [3.05, 3.63) is 71.8 Å². The first-order chi connectivity index (χ1) is 10.6. The topological polar surface area (TPSA) is 63.6 Å². The van der Waals surface area contributed by atoms with Crippen LogP contribution in [-0.4, -0.2) is 24.2 Å². The van der Waals surface area contributed by atoms with Gasteiger partial charge in [0.1, 0.15) is 5.41 Å². The summed E-state index contributed by atoms with van der Waals surface area (Å²) in [5.74, 6) is -1.40. The molecule has 0 saturated carbocycles. The van der Waals surface area contributed by atoms with Crippen LogP contribution in [0.15, 0.2) is 60.7 Å². The summed E-state index contributed by atoms with van der Waals surface area (Å²) < 4.78 is 5.02. The first kappa shape index (κ1) is 15.8. The summed E-state index contributed by atoms with van der Waals surface area (Å²) in [6.07, 6.45) is 0.0158. The van der Waals surface area contributed by atoms with Crippen molar-refractivity contribution < 1.29 is 19.4 Å². The monoisotopic (exact) mass is 298 g/mol. The van der Waals surface area contributed by atoms with Gasteiger partial charge in [0.15, 0.2) is 0 Å². The third kappa shape index (κ3) is 3.01. The Balaban J connectivity index is 2.63. The van der Waals surface area contributed by atoms with Crippen LogP contribution >= 0.6 is 0 Å². The molecule has 0 amide bonds. The zero-order chi connectivity index (χ0) is 16.0. The second-order valence-corrected chi connectivity index (χ2v) is 5.02. The molecule has 22 heavy (non-hydrogen) atoms. The van der Waals surface area contributed by atoms with Gasteiger partial charge in [0.05, 0.1) is 7.11 Å². The van der Waals surface area contributed by atoms with Crippen LogP contribution in [0.5, 0.6) is 0 Å². The molecule has 1 N–H and O–H groups in total. The van der Waals surface area contributed by atoms with Crippen LogP contribution < -0.4 is 0 Å². The van der Waals surface area contributed by atoms with Crippen LogP contribution in [0.1, 0.15) is 24.0 Å². The number of rotatable bonds is 6. The molecular formula is C18H18O4. The van der Waals surface area contributed by atoms with E-state index in [1.165, 1.54) is 7.11 Å². The van der Waals surface area contributed by atoms with Crippen molar-refractivity contribution in [1.29, 1.82) is 0 Å². The molecule has 0 aliphatic heterocycles. The molecular weight excluding hydrogens is 280 g/mol. The Labute approximate surface area is 129 Å². The fourth-order valence-electron chi connectivity index (χ4n) is 2.71. The zero-order valence-corrected chi connectivity index (χ0v) is 12.4. The highest BCUT2D eigenvalue weighted by Gasteiger charge is 2.43. The quantitative estimate of drug-likeness (QED) is 0.833. The lowest BCUT2D eigenvalue weighted by molar-refractivity contribution is -0.146. The van der Waals surface area contributed by atoms with Crippen molar-refractivity contribution >= 4 is 11.9 Å². The third-order valence-corrected chi connectivity index (χ3v) is 3.78. The number of esters is 1. The average molecular weight is 298 g/mol. The Morgan fingerprint density at radius 3 is 1.77 bits per heavy atom. The number of carboxylic acid groups (broad SMARTS) is 1. The fourth-order valence-corrected chi connectivity index (χ4v) is 2.71. The summed E-state index contributed by atoms with van der Waals surface area (Å²) in [7, 11) is 1.32. The number of methoxy groups -OCH3 is 1. The van der Waals surface area contributed by atoms with Gasteiger partial charge in [-0.3, -0.25) is 9.59 Å². The maximum atomic E-state index is 12.6. The number of benzene rings is 2. The molecule has 2 aromatic carbocycles. The van der Waals surface area contributed by atoms with Crippen LogP contribution in [0.2, 0.25) is 0 Å². The first-order valence-corrected chi connectivity index (χ1v) is 7.02. The van der Waals surface area contributed by atoms with Crippen LogP contribution in [0.4, 0.5) is 0 Å². The fraction of sp³-hybridized carbons (Fsp3) is 0.222. The van der Waals surface area contributed by atoms with E-state index in [-0.39, 0.29) is 12.8 Å². The van der Waals surface area contributed by atoms with Gasteiger partial charge in [-0.1, -0.05) is 60.7 Å². The molecule has 0 aliphatic carbocycles. The van der Waals surface area contributed by atoms with E-state index in [1.54, 1.807) is 0 Å². The van der Waals surface area contributed by atoms with Gasteiger partial charge in [-0.2, -0.15) is 0 Å². The van der Waals surface area contributed by atoms with E-state index in [9.17, 15) is 9.59 Å². The van der Waals surface area contributed by atoms with E-state index in [4.69, 9.17) is 9.84 Å². The van der Waals surface area contributed by atoms with Crippen LogP contribution in [0, 0.1) is 0 Å². The normalized spacial score (nSPS) is 11.0. The van der Waals surface area contributed by atoms with E-state index in [0.29, 0.717) is 0 Å². The van der Waals surface area contributed by atoms with Gasteiger partial charge in [-0.25, -0.2) is 0 Å². The highest BCUT2D eigenvalue weighted by molar-refractivity contribution is 5.88. The van der Waals surface area contributed by atoms with Crippen molar-refractivity contribution in [3.8, 4) is 0 Å². The van der Waals surface area contributed by atoms with Crippen LogP contribution in [0.3, 0.4) is 0 Å². The van der Waals surface area contributed by atoms with E-state index < -0.39 is 17.4 Å². The van der Waals surface area contributed by atoms with Crippen molar-refractivity contribution in [3.63, 3.8) is 0 Å². The molecule has 0 aliphatic rings. The van der Waals surface area contributed by atoms with Gasteiger partial charge < -0.3 is 9.84 Å². The lowest BCUT2D eigenvalue weighted by Gasteiger charge is -2.31. The SMILES string of the molecule is COC(=O)C(CCC(=O)O)(c1ccccc1)c1ccccc1. The lowest BCUT2D eigenvalue weighted by atomic mass is 9.71. The molecule has 0 radical (unpaired) electrons. The highest BCUT2D eigenvalue weighted by atomic mass is 16.5. The van der Waals surface area contributed by atoms with Gasteiger partial charge >= 0.3 is 11.9 Å². The number of carbonyl (C=O) groups is 2. The average Bonchev–Trinajstić information content (AvgIpc) is 2.57. The molecule has 2 aromatic rings. The summed E-state index contributed by atoms with van der Waals surface area (Å²) in [6, 6.07) is 18.3. The molecule has 0 heterocycles. The maximum absolute atomic E-state index is 12.6. The van der Waals surface area contributed by atoms with Gasteiger partial charge in [-0.05, 0) is 17.5 Å². The van der Waals surface area contributed by atoms with Crippen LogP contribution in [0.25, 0.3) is 0 Å². The van der Waals surface area contributed by atoms with E-state index in [1.807, 2.05) is 60.7 Å². The Morgan fingerprint density at radius 1 is 0.955 bits per heavy atom. The summed E-state index contributed by atoms with van der Waals surface area (Å²) in [5.41, 5.74) is 0.346. The summed E-state index contributed by atoms with van der Waals surface area (Å²) >= 11 is 0. The van der Waals surface area contributed by atoms with Crippen molar-refractivity contribution in [1.82, 2.24) is 0 Å². The van der Waals surface area contributed by atoms with Crippen LogP contribution in [-0.2, 0) is 19.7 Å². The molecule has 0 fully saturated rings. The number of ether oxygens (including phenoxy) is 1. The minimum absolute atomic E-state index is 0.126. The van der Waals surface area contributed by atoms with Gasteiger partial charge in [0.2, 0.25) is 0 Å². The molecule has 0 unspecified atom stereocenters. The minimum atomic E-state index is -1.12. The van der Waals surface area contributed by atoms with Crippen molar-refractivity contribution in [2.24, 2.45) is 0 Å². The van der Waals surface area contributed by atoms with E-state index in [0.717, 1.165) is 11.1 Å². The molecule has 4 heteroatoms. The van der Waals surface area contributed by atoms with Gasteiger partial charge in [0.25, 0.3) is 0 Å². The molecule has 0 aromatic heterocycles. The molecule has 4 nitrogen and oxygen atoms in total. The predicted octanol–water partition coefficient (Wildman–Crippen LogP) is 3.01. The minimum Gasteiger partial charge on any atom is -0.481 e. The third-order valence-electron chi connectivity index (χ3n) is 3.78. The molecule has 2 rings (SSSR count). The number of aliphatic carboxylic acids is 1. The number of carboxylic acids is 1. The number of carbonyl (C=O) groups excluding carboxylic acids is 1. The predicted molar refractivity (Wildman–Crippen MR) is 82.5 cm³/mol. The summed E-state index contributed by atoms with van der Waals surface area (Å²) in [5, 5.41) is 9.07. The number of hydrogen-bond donors (Lipinski definition) is 1. The molecule has 0 saturated heterocycles. The Kier molecular flexibility index (Phi) is 4.94.